The number of carbonyl (C=O) groups is 1. The zero-order valence-electron chi connectivity index (χ0n) is 13.6. The van der Waals surface area contributed by atoms with Gasteiger partial charge in [-0.3, -0.25) is 9.78 Å². The van der Waals surface area contributed by atoms with Gasteiger partial charge in [-0.25, -0.2) is 9.78 Å². The number of carbonyl (C=O) groups excluding carboxylic acids is 1. The van der Waals surface area contributed by atoms with Crippen molar-refractivity contribution in [3.05, 3.63) is 51.9 Å². The van der Waals surface area contributed by atoms with Crippen LogP contribution in [-0.4, -0.2) is 22.5 Å². The number of hydrogen-bond acceptors (Lipinski definition) is 5. The van der Waals surface area contributed by atoms with Crippen LogP contribution in [0, 0.1) is 5.92 Å². The van der Waals surface area contributed by atoms with E-state index in [0.717, 1.165) is 5.69 Å². The van der Waals surface area contributed by atoms with Crippen LogP contribution in [0.1, 0.15) is 36.8 Å². The van der Waals surface area contributed by atoms with E-state index in [9.17, 15) is 9.59 Å². The van der Waals surface area contributed by atoms with E-state index < -0.39 is 0 Å². The third kappa shape index (κ3) is 4.95. The number of ether oxygens (including phenoxy) is 1. The number of aromatic nitrogens is 2. The molecule has 0 atom stereocenters. The molecule has 0 amide bonds. The van der Waals surface area contributed by atoms with E-state index in [0.29, 0.717) is 36.2 Å². The lowest BCUT2D eigenvalue weighted by Gasteiger charge is -2.09. The number of nitrogens with zero attached hydrogens (tertiary/aromatic N) is 1. The first kappa shape index (κ1) is 16.7. The Hall–Kier alpha value is -2.63. The number of aryl methyl sites for hydroxylation is 1. The molecule has 6 heteroatoms. The Labute approximate surface area is 134 Å². The van der Waals surface area contributed by atoms with Gasteiger partial charge in [-0.2, -0.15) is 0 Å². The minimum Gasteiger partial charge on any atom is -0.462 e. The van der Waals surface area contributed by atoms with Crippen LogP contribution in [0.4, 0.5) is 11.6 Å². The third-order valence-corrected chi connectivity index (χ3v) is 3.09. The molecule has 122 valence electrons. The lowest BCUT2D eigenvalue weighted by Crippen LogP contribution is -2.12. The molecule has 0 spiro atoms. The smallest absolute Gasteiger partial charge is 0.338 e. The topological polar surface area (TPSA) is 84.1 Å². The number of hydrogen-bond donors (Lipinski definition) is 2. The second kappa shape index (κ2) is 7.58. The summed E-state index contributed by atoms with van der Waals surface area (Å²) in [5, 5.41) is 3.02. The first-order valence-electron chi connectivity index (χ1n) is 7.62. The Bertz CT molecular complexity index is 721. The molecule has 0 saturated carbocycles. The van der Waals surface area contributed by atoms with Gasteiger partial charge in [0.05, 0.1) is 12.2 Å². The molecule has 0 fully saturated rings. The summed E-state index contributed by atoms with van der Waals surface area (Å²) in [5.41, 5.74) is 1.72. The first-order chi connectivity index (χ1) is 11.0. The van der Waals surface area contributed by atoms with Crippen molar-refractivity contribution in [2.45, 2.75) is 27.2 Å². The van der Waals surface area contributed by atoms with Crippen LogP contribution in [0.15, 0.2) is 35.1 Å². The summed E-state index contributed by atoms with van der Waals surface area (Å²) in [6.45, 7) is 6.30. The predicted octanol–water partition coefficient (Wildman–Crippen LogP) is 2.89. The average Bonchev–Trinajstić information content (AvgIpc) is 2.52. The van der Waals surface area contributed by atoms with Gasteiger partial charge in [0.2, 0.25) is 5.95 Å². The minimum absolute atomic E-state index is 0.201. The fourth-order valence-electron chi connectivity index (χ4n) is 1.90. The molecule has 0 aliphatic rings. The van der Waals surface area contributed by atoms with Gasteiger partial charge in [-0.1, -0.05) is 20.8 Å². The molecule has 0 saturated heterocycles. The zero-order chi connectivity index (χ0) is 16.8. The van der Waals surface area contributed by atoms with Crippen molar-refractivity contribution in [1.29, 1.82) is 0 Å². The second-order valence-corrected chi connectivity index (χ2v) is 5.63. The molecule has 1 aromatic heterocycles. The van der Waals surface area contributed by atoms with Crippen LogP contribution in [-0.2, 0) is 11.2 Å². The van der Waals surface area contributed by atoms with E-state index in [1.165, 1.54) is 6.07 Å². The van der Waals surface area contributed by atoms with E-state index in [1.54, 1.807) is 24.3 Å². The third-order valence-electron chi connectivity index (χ3n) is 3.09. The maximum atomic E-state index is 11.8. The molecule has 23 heavy (non-hydrogen) atoms. The van der Waals surface area contributed by atoms with Gasteiger partial charge < -0.3 is 10.1 Å². The summed E-state index contributed by atoms with van der Waals surface area (Å²) in [4.78, 5) is 30.3. The summed E-state index contributed by atoms with van der Waals surface area (Å²) in [6, 6.07) is 8.30. The van der Waals surface area contributed by atoms with E-state index >= 15 is 0 Å². The molecule has 0 aliphatic carbocycles. The average molecular weight is 315 g/mol. The van der Waals surface area contributed by atoms with Gasteiger partial charge in [0, 0.05) is 17.4 Å². The number of benzene rings is 1. The Morgan fingerprint density at radius 1 is 1.30 bits per heavy atom. The van der Waals surface area contributed by atoms with Gasteiger partial charge in [-0.15, -0.1) is 0 Å². The fourth-order valence-corrected chi connectivity index (χ4v) is 1.90. The van der Waals surface area contributed by atoms with Crippen molar-refractivity contribution in [3.63, 3.8) is 0 Å². The molecular weight excluding hydrogens is 294 g/mol. The van der Waals surface area contributed by atoms with E-state index in [2.05, 4.69) is 15.3 Å². The van der Waals surface area contributed by atoms with Gasteiger partial charge in [0.1, 0.15) is 0 Å². The monoisotopic (exact) mass is 315 g/mol. The Morgan fingerprint density at radius 2 is 2.00 bits per heavy atom. The lowest BCUT2D eigenvalue weighted by atomic mass is 10.2. The quantitative estimate of drug-likeness (QED) is 0.801. The van der Waals surface area contributed by atoms with E-state index in [1.807, 2.05) is 20.8 Å². The second-order valence-electron chi connectivity index (χ2n) is 5.63. The van der Waals surface area contributed by atoms with E-state index in [4.69, 9.17) is 4.74 Å². The molecule has 6 nitrogen and oxygen atoms in total. The van der Waals surface area contributed by atoms with Crippen LogP contribution in [0.2, 0.25) is 0 Å². The van der Waals surface area contributed by atoms with Crippen molar-refractivity contribution < 1.29 is 9.53 Å². The molecule has 2 N–H and O–H groups in total. The van der Waals surface area contributed by atoms with Gasteiger partial charge >= 0.3 is 5.97 Å². The van der Waals surface area contributed by atoms with Crippen LogP contribution in [0.5, 0.6) is 0 Å². The highest BCUT2D eigenvalue weighted by Crippen LogP contribution is 2.14. The molecule has 1 heterocycles. The van der Waals surface area contributed by atoms with Crippen molar-refractivity contribution in [2.75, 3.05) is 11.9 Å². The van der Waals surface area contributed by atoms with Crippen LogP contribution >= 0.6 is 0 Å². The van der Waals surface area contributed by atoms with E-state index in [-0.39, 0.29) is 11.5 Å². The van der Waals surface area contributed by atoms with Crippen molar-refractivity contribution in [3.8, 4) is 0 Å². The molecule has 0 radical (unpaired) electrons. The van der Waals surface area contributed by atoms with Gasteiger partial charge in [-0.05, 0) is 36.6 Å². The molecule has 0 unspecified atom stereocenters. The maximum Gasteiger partial charge on any atom is 0.338 e. The number of rotatable bonds is 6. The van der Waals surface area contributed by atoms with Crippen molar-refractivity contribution in [2.24, 2.45) is 5.92 Å². The molecular formula is C17H21N3O3. The Kier molecular flexibility index (Phi) is 5.51. The highest BCUT2D eigenvalue weighted by molar-refractivity contribution is 5.89. The summed E-state index contributed by atoms with van der Waals surface area (Å²) in [5.74, 6) is 0.336. The summed E-state index contributed by atoms with van der Waals surface area (Å²) < 4.78 is 5.17. The Balaban J connectivity index is 2.07. The van der Waals surface area contributed by atoms with Crippen LogP contribution in [0.25, 0.3) is 0 Å². The molecule has 0 bridgehead atoms. The normalized spacial score (nSPS) is 10.6. The Morgan fingerprint density at radius 3 is 2.61 bits per heavy atom. The first-order valence-corrected chi connectivity index (χ1v) is 7.62. The zero-order valence-corrected chi connectivity index (χ0v) is 13.6. The summed E-state index contributed by atoms with van der Waals surface area (Å²) in [7, 11) is 0. The minimum atomic E-state index is -0.343. The highest BCUT2D eigenvalue weighted by Gasteiger charge is 2.08. The summed E-state index contributed by atoms with van der Waals surface area (Å²) >= 11 is 0. The molecule has 1 aromatic carbocycles. The number of aromatic amines is 1. The van der Waals surface area contributed by atoms with Crippen molar-refractivity contribution in [1.82, 2.24) is 9.97 Å². The maximum absolute atomic E-state index is 11.8. The number of anilines is 2. The predicted molar refractivity (Wildman–Crippen MR) is 89.1 cm³/mol. The number of esters is 1. The SMILES string of the molecule is CCc1cc(=O)[nH]c(Nc2ccc(C(=O)OCC(C)C)cc2)n1. The lowest BCUT2D eigenvalue weighted by molar-refractivity contribution is 0.0459. The van der Waals surface area contributed by atoms with Crippen LogP contribution < -0.4 is 10.9 Å². The standard InChI is InChI=1S/C17H21N3O3/c1-4-13-9-15(21)20-17(18-13)19-14-7-5-12(6-8-14)16(22)23-10-11(2)3/h5-9,11H,4,10H2,1-3H3,(H2,18,19,20,21). The van der Waals surface area contributed by atoms with Gasteiger partial charge in [0.25, 0.3) is 5.56 Å². The van der Waals surface area contributed by atoms with Crippen LogP contribution in [0.3, 0.4) is 0 Å². The van der Waals surface area contributed by atoms with Crippen molar-refractivity contribution >= 4 is 17.6 Å². The number of H-pyrrole nitrogens is 1. The fraction of sp³-hybridized carbons (Fsp3) is 0.353. The van der Waals surface area contributed by atoms with Gasteiger partial charge in [0.15, 0.2) is 0 Å². The largest absolute Gasteiger partial charge is 0.462 e. The molecule has 2 rings (SSSR count). The molecule has 0 aliphatic heterocycles. The highest BCUT2D eigenvalue weighted by atomic mass is 16.5. The number of nitrogens with one attached hydrogen (secondary N) is 2. The summed E-state index contributed by atoms with van der Waals surface area (Å²) in [6.07, 6.45) is 0.680. The molecule has 2 aromatic rings.